The summed E-state index contributed by atoms with van der Waals surface area (Å²) in [6.45, 7) is 4.26. The molecule has 0 N–H and O–H groups in total. The molecule has 108 valence electrons. The van der Waals surface area contributed by atoms with Gasteiger partial charge in [-0.2, -0.15) is 0 Å². The number of hydrogen-bond acceptors (Lipinski definition) is 2. The largest absolute Gasteiger partial charge is 0.462 e. The van der Waals surface area contributed by atoms with Crippen LogP contribution in [0.1, 0.15) is 31.4 Å². The number of allylic oxidation sites excluding steroid dienone is 1. The lowest BCUT2D eigenvalue weighted by Crippen LogP contribution is -2.09. The Balaban J connectivity index is 2.61. The van der Waals surface area contributed by atoms with Crippen molar-refractivity contribution in [3.05, 3.63) is 71.8 Å². The van der Waals surface area contributed by atoms with E-state index in [0.717, 1.165) is 23.1 Å². The monoisotopic (exact) mass is 280 g/mol. The molecular weight excluding hydrogens is 260 g/mol. The Kier molecular flexibility index (Phi) is 5.33. The molecule has 2 heteroatoms. The van der Waals surface area contributed by atoms with Crippen molar-refractivity contribution in [3.63, 3.8) is 0 Å². The Hall–Kier alpha value is -2.35. The zero-order chi connectivity index (χ0) is 15.1. The molecule has 0 aliphatic heterocycles. The van der Waals surface area contributed by atoms with Crippen molar-refractivity contribution in [2.75, 3.05) is 6.61 Å². The lowest BCUT2D eigenvalue weighted by Gasteiger charge is -2.14. The summed E-state index contributed by atoms with van der Waals surface area (Å²) in [7, 11) is 0. The summed E-state index contributed by atoms with van der Waals surface area (Å²) in [4.78, 5) is 12.4. The second-order valence-corrected chi connectivity index (χ2v) is 4.66. The van der Waals surface area contributed by atoms with Crippen LogP contribution in [0.25, 0.3) is 11.1 Å². The summed E-state index contributed by atoms with van der Waals surface area (Å²) in [5.41, 5.74) is 3.63. The smallest absolute Gasteiger partial charge is 0.339 e. The van der Waals surface area contributed by atoms with Crippen LogP contribution in [0.2, 0.25) is 0 Å². The molecule has 0 heterocycles. The summed E-state index contributed by atoms with van der Waals surface area (Å²) in [6, 6.07) is 19.7. The standard InChI is InChI=1S/C19H20O2/c1-3-17(15-11-7-5-8-12-15)18(19(20)21-4-2)16-13-9-6-10-14-16/h5-14H,3-4H2,1-2H3/b18-17+. The molecule has 0 saturated heterocycles. The van der Waals surface area contributed by atoms with Crippen LogP contribution in [0.4, 0.5) is 0 Å². The first kappa shape index (κ1) is 15.0. The second kappa shape index (κ2) is 7.44. The van der Waals surface area contributed by atoms with Gasteiger partial charge in [0.1, 0.15) is 0 Å². The molecular formula is C19H20O2. The van der Waals surface area contributed by atoms with Gasteiger partial charge in [-0.25, -0.2) is 4.79 Å². The molecule has 2 aromatic carbocycles. The molecule has 0 unspecified atom stereocenters. The van der Waals surface area contributed by atoms with Gasteiger partial charge in [0.2, 0.25) is 0 Å². The van der Waals surface area contributed by atoms with Crippen molar-refractivity contribution in [1.82, 2.24) is 0 Å². The highest BCUT2D eigenvalue weighted by atomic mass is 16.5. The molecule has 0 atom stereocenters. The normalized spacial score (nSPS) is 11.7. The molecule has 2 nitrogen and oxygen atoms in total. The van der Waals surface area contributed by atoms with Crippen molar-refractivity contribution in [2.24, 2.45) is 0 Å². The topological polar surface area (TPSA) is 26.3 Å². The van der Waals surface area contributed by atoms with Crippen LogP contribution in [0.15, 0.2) is 60.7 Å². The van der Waals surface area contributed by atoms with Crippen molar-refractivity contribution >= 4 is 17.1 Å². The van der Waals surface area contributed by atoms with E-state index in [2.05, 4.69) is 6.92 Å². The van der Waals surface area contributed by atoms with Gasteiger partial charge in [0.25, 0.3) is 0 Å². The quantitative estimate of drug-likeness (QED) is 0.455. The Morgan fingerprint density at radius 1 is 0.857 bits per heavy atom. The maximum Gasteiger partial charge on any atom is 0.339 e. The summed E-state index contributed by atoms with van der Waals surface area (Å²) >= 11 is 0. The highest BCUT2D eigenvalue weighted by molar-refractivity contribution is 6.24. The summed E-state index contributed by atoms with van der Waals surface area (Å²) in [6.07, 6.45) is 0.771. The minimum atomic E-state index is -0.260. The van der Waals surface area contributed by atoms with Crippen LogP contribution >= 0.6 is 0 Å². The molecule has 0 spiro atoms. The van der Waals surface area contributed by atoms with E-state index in [4.69, 9.17) is 4.74 Å². The maximum absolute atomic E-state index is 12.4. The van der Waals surface area contributed by atoms with E-state index < -0.39 is 0 Å². The number of carbonyl (C=O) groups is 1. The maximum atomic E-state index is 12.4. The van der Waals surface area contributed by atoms with Crippen molar-refractivity contribution in [2.45, 2.75) is 20.3 Å². The van der Waals surface area contributed by atoms with Gasteiger partial charge < -0.3 is 4.74 Å². The van der Waals surface area contributed by atoms with E-state index in [9.17, 15) is 4.79 Å². The molecule has 0 radical (unpaired) electrons. The lowest BCUT2D eigenvalue weighted by molar-refractivity contribution is -0.136. The molecule has 0 amide bonds. The van der Waals surface area contributed by atoms with Gasteiger partial charge in [0, 0.05) is 0 Å². The third-order valence-electron chi connectivity index (χ3n) is 3.32. The predicted molar refractivity (Wildman–Crippen MR) is 86.6 cm³/mol. The van der Waals surface area contributed by atoms with Crippen LogP contribution in [-0.2, 0) is 9.53 Å². The molecule has 0 aromatic heterocycles. The first-order valence-electron chi connectivity index (χ1n) is 7.29. The molecule has 2 rings (SSSR count). The first-order chi connectivity index (χ1) is 10.3. The van der Waals surface area contributed by atoms with E-state index in [0.29, 0.717) is 12.2 Å². The summed E-state index contributed by atoms with van der Waals surface area (Å²) in [5, 5.41) is 0. The van der Waals surface area contributed by atoms with Crippen molar-refractivity contribution in [3.8, 4) is 0 Å². The fourth-order valence-corrected chi connectivity index (χ4v) is 2.39. The van der Waals surface area contributed by atoms with Gasteiger partial charge in [0.05, 0.1) is 12.2 Å². The fourth-order valence-electron chi connectivity index (χ4n) is 2.39. The highest BCUT2D eigenvalue weighted by Gasteiger charge is 2.18. The SMILES string of the molecule is CCOC(=O)/C(=C(\CC)c1ccccc1)c1ccccc1. The molecule has 21 heavy (non-hydrogen) atoms. The van der Waals surface area contributed by atoms with Crippen LogP contribution in [0, 0.1) is 0 Å². The number of rotatable bonds is 5. The molecule has 0 aliphatic rings. The van der Waals surface area contributed by atoms with Crippen LogP contribution < -0.4 is 0 Å². The summed E-state index contributed by atoms with van der Waals surface area (Å²) < 4.78 is 5.27. The Labute approximate surface area is 126 Å². The average Bonchev–Trinajstić information content (AvgIpc) is 2.54. The summed E-state index contributed by atoms with van der Waals surface area (Å²) in [5.74, 6) is -0.260. The number of carbonyl (C=O) groups excluding carboxylic acids is 1. The Morgan fingerprint density at radius 2 is 1.38 bits per heavy atom. The lowest BCUT2D eigenvalue weighted by atomic mass is 9.93. The zero-order valence-electron chi connectivity index (χ0n) is 12.5. The van der Waals surface area contributed by atoms with Gasteiger partial charge >= 0.3 is 5.97 Å². The number of ether oxygens (including phenoxy) is 1. The van der Waals surface area contributed by atoms with Crippen LogP contribution in [0.3, 0.4) is 0 Å². The highest BCUT2D eigenvalue weighted by Crippen LogP contribution is 2.29. The average molecular weight is 280 g/mol. The zero-order valence-corrected chi connectivity index (χ0v) is 12.5. The van der Waals surface area contributed by atoms with Gasteiger partial charge in [0.15, 0.2) is 0 Å². The van der Waals surface area contributed by atoms with E-state index in [-0.39, 0.29) is 5.97 Å². The third kappa shape index (κ3) is 3.60. The molecule has 0 bridgehead atoms. The Bertz CT molecular complexity index is 613. The van der Waals surface area contributed by atoms with Gasteiger partial charge in [-0.15, -0.1) is 0 Å². The van der Waals surface area contributed by atoms with Crippen LogP contribution in [-0.4, -0.2) is 12.6 Å². The fraction of sp³-hybridized carbons (Fsp3) is 0.211. The third-order valence-corrected chi connectivity index (χ3v) is 3.32. The van der Waals surface area contributed by atoms with Crippen molar-refractivity contribution in [1.29, 1.82) is 0 Å². The number of hydrogen-bond donors (Lipinski definition) is 0. The number of benzene rings is 2. The van der Waals surface area contributed by atoms with E-state index in [1.54, 1.807) is 0 Å². The molecule has 0 aliphatic carbocycles. The first-order valence-corrected chi connectivity index (χ1v) is 7.29. The van der Waals surface area contributed by atoms with Gasteiger partial charge in [-0.1, -0.05) is 67.6 Å². The Morgan fingerprint density at radius 3 is 1.86 bits per heavy atom. The predicted octanol–water partition coefficient (Wildman–Crippen LogP) is 4.57. The van der Waals surface area contributed by atoms with E-state index in [1.807, 2.05) is 67.6 Å². The van der Waals surface area contributed by atoms with Gasteiger partial charge in [-0.05, 0) is 30.0 Å². The van der Waals surface area contributed by atoms with E-state index in [1.165, 1.54) is 0 Å². The van der Waals surface area contributed by atoms with Crippen LogP contribution in [0.5, 0.6) is 0 Å². The van der Waals surface area contributed by atoms with Crippen molar-refractivity contribution < 1.29 is 9.53 Å². The van der Waals surface area contributed by atoms with Gasteiger partial charge in [-0.3, -0.25) is 0 Å². The number of esters is 1. The molecule has 2 aromatic rings. The minimum absolute atomic E-state index is 0.260. The van der Waals surface area contributed by atoms with E-state index >= 15 is 0 Å². The molecule has 0 saturated carbocycles. The second-order valence-electron chi connectivity index (χ2n) is 4.66. The molecule has 0 fully saturated rings. The minimum Gasteiger partial charge on any atom is -0.462 e.